The zero-order chi connectivity index (χ0) is 17.1. The van der Waals surface area contributed by atoms with Crippen LogP contribution in [-0.4, -0.2) is 52.7 Å². The molecule has 5 nitrogen and oxygen atoms in total. The fourth-order valence-corrected chi connectivity index (χ4v) is 4.95. The van der Waals surface area contributed by atoms with Crippen molar-refractivity contribution >= 4 is 11.3 Å². The van der Waals surface area contributed by atoms with Crippen LogP contribution >= 0.6 is 11.3 Å². The number of hydrogen-bond donors (Lipinski definition) is 0. The Morgan fingerprint density at radius 1 is 1.36 bits per heavy atom. The molecule has 0 bridgehead atoms. The SMILES string of the molecule is Cc1ccc(CN2CCO[C@@H]3[C@@H](OCCCn4cccn4)CC[C@H]32)s1. The Kier molecular flexibility index (Phi) is 5.51. The van der Waals surface area contributed by atoms with Crippen molar-refractivity contribution in [2.24, 2.45) is 0 Å². The lowest BCUT2D eigenvalue weighted by Gasteiger charge is -2.38. The summed E-state index contributed by atoms with van der Waals surface area (Å²) in [4.78, 5) is 5.46. The monoisotopic (exact) mass is 361 g/mol. The van der Waals surface area contributed by atoms with E-state index < -0.39 is 0 Å². The van der Waals surface area contributed by atoms with Gasteiger partial charge in [0.1, 0.15) is 0 Å². The molecule has 2 aromatic rings. The van der Waals surface area contributed by atoms with Gasteiger partial charge in [-0.25, -0.2) is 0 Å². The lowest BCUT2D eigenvalue weighted by Crippen LogP contribution is -2.51. The van der Waals surface area contributed by atoms with Crippen molar-refractivity contribution in [3.63, 3.8) is 0 Å². The number of rotatable bonds is 7. The van der Waals surface area contributed by atoms with E-state index in [0.717, 1.165) is 45.7 Å². The molecule has 1 aliphatic carbocycles. The van der Waals surface area contributed by atoms with Crippen LogP contribution in [0.2, 0.25) is 0 Å². The Hall–Kier alpha value is -1.21. The zero-order valence-electron chi connectivity index (χ0n) is 14.8. The van der Waals surface area contributed by atoms with Crippen LogP contribution in [0.15, 0.2) is 30.6 Å². The maximum Gasteiger partial charge on any atom is 0.0992 e. The van der Waals surface area contributed by atoms with Crippen LogP contribution in [0.25, 0.3) is 0 Å². The quantitative estimate of drug-likeness (QED) is 0.711. The molecule has 0 N–H and O–H groups in total. The van der Waals surface area contributed by atoms with E-state index in [-0.39, 0.29) is 12.2 Å². The number of nitrogens with zero attached hydrogens (tertiary/aromatic N) is 3. The van der Waals surface area contributed by atoms with Gasteiger partial charge in [0, 0.05) is 54.4 Å². The van der Waals surface area contributed by atoms with E-state index in [4.69, 9.17) is 9.47 Å². The normalized spacial score (nSPS) is 26.8. The van der Waals surface area contributed by atoms with Gasteiger partial charge in [0.25, 0.3) is 0 Å². The molecular weight excluding hydrogens is 334 g/mol. The molecule has 1 saturated heterocycles. The number of ether oxygens (including phenoxy) is 2. The number of fused-ring (bicyclic) bond motifs is 1. The Labute approximate surface area is 153 Å². The van der Waals surface area contributed by atoms with Gasteiger partial charge in [-0.1, -0.05) is 0 Å². The predicted molar refractivity (Wildman–Crippen MR) is 98.8 cm³/mol. The van der Waals surface area contributed by atoms with E-state index in [9.17, 15) is 0 Å². The largest absolute Gasteiger partial charge is 0.375 e. The van der Waals surface area contributed by atoms with E-state index in [1.165, 1.54) is 16.2 Å². The third-order valence-corrected chi connectivity index (χ3v) is 6.21. The molecule has 0 unspecified atom stereocenters. The highest BCUT2D eigenvalue weighted by molar-refractivity contribution is 7.11. The summed E-state index contributed by atoms with van der Waals surface area (Å²) in [5, 5.41) is 4.23. The fraction of sp³-hybridized carbons (Fsp3) is 0.632. The molecule has 4 rings (SSSR count). The Balaban J connectivity index is 1.27. The standard InChI is InChI=1S/C19H27N3O2S/c1-15-4-5-16(25-15)14-21-11-13-24-19-17(21)6-7-18(19)23-12-3-10-22-9-2-8-20-22/h2,4-5,8-9,17-19H,3,6-7,10-14H2,1H3/t17-,18+,19+/m1/s1. The summed E-state index contributed by atoms with van der Waals surface area (Å²) in [7, 11) is 0. The van der Waals surface area contributed by atoms with E-state index in [1.807, 2.05) is 34.5 Å². The molecule has 0 spiro atoms. The molecule has 3 atom stereocenters. The highest BCUT2D eigenvalue weighted by Gasteiger charge is 2.43. The van der Waals surface area contributed by atoms with Gasteiger partial charge in [-0.15, -0.1) is 11.3 Å². The highest BCUT2D eigenvalue weighted by atomic mass is 32.1. The molecular formula is C19H27N3O2S. The third-order valence-electron chi connectivity index (χ3n) is 5.23. The van der Waals surface area contributed by atoms with Gasteiger partial charge < -0.3 is 9.47 Å². The molecule has 1 aliphatic heterocycles. The summed E-state index contributed by atoms with van der Waals surface area (Å²) in [6, 6.07) is 6.95. The van der Waals surface area contributed by atoms with Gasteiger partial charge in [-0.05, 0) is 44.4 Å². The summed E-state index contributed by atoms with van der Waals surface area (Å²) in [6.07, 6.45) is 7.58. The van der Waals surface area contributed by atoms with Crippen molar-refractivity contribution in [3.8, 4) is 0 Å². The summed E-state index contributed by atoms with van der Waals surface area (Å²) in [5.74, 6) is 0. The first-order valence-electron chi connectivity index (χ1n) is 9.29. The summed E-state index contributed by atoms with van der Waals surface area (Å²) < 4.78 is 14.3. The minimum atomic E-state index is 0.236. The van der Waals surface area contributed by atoms with Crippen LogP contribution in [0.4, 0.5) is 0 Å². The number of aryl methyl sites for hydroxylation is 2. The summed E-state index contributed by atoms with van der Waals surface area (Å²) in [5.41, 5.74) is 0. The second-order valence-electron chi connectivity index (χ2n) is 6.99. The zero-order valence-corrected chi connectivity index (χ0v) is 15.7. The lowest BCUT2D eigenvalue weighted by atomic mass is 10.1. The Bertz CT molecular complexity index is 657. The molecule has 25 heavy (non-hydrogen) atoms. The third kappa shape index (κ3) is 4.14. The van der Waals surface area contributed by atoms with Gasteiger partial charge in [-0.3, -0.25) is 9.58 Å². The Morgan fingerprint density at radius 2 is 2.32 bits per heavy atom. The van der Waals surface area contributed by atoms with Crippen LogP contribution in [0.1, 0.15) is 29.0 Å². The van der Waals surface area contributed by atoms with Gasteiger partial charge in [0.05, 0.1) is 18.8 Å². The minimum Gasteiger partial charge on any atom is -0.375 e. The number of aromatic nitrogens is 2. The van der Waals surface area contributed by atoms with E-state index >= 15 is 0 Å². The van der Waals surface area contributed by atoms with Gasteiger partial charge in [-0.2, -0.15) is 5.10 Å². The van der Waals surface area contributed by atoms with E-state index in [2.05, 4.69) is 29.1 Å². The van der Waals surface area contributed by atoms with Crippen LogP contribution in [-0.2, 0) is 22.6 Å². The van der Waals surface area contributed by atoms with Crippen molar-refractivity contribution < 1.29 is 9.47 Å². The first kappa shape index (κ1) is 17.2. The van der Waals surface area contributed by atoms with E-state index in [0.29, 0.717) is 6.04 Å². The molecule has 0 radical (unpaired) electrons. The van der Waals surface area contributed by atoms with E-state index in [1.54, 1.807) is 0 Å². The maximum absolute atomic E-state index is 6.18. The molecule has 0 amide bonds. The average molecular weight is 362 g/mol. The van der Waals surface area contributed by atoms with Crippen molar-refractivity contribution in [2.45, 2.75) is 57.5 Å². The molecule has 2 aliphatic rings. The smallest absolute Gasteiger partial charge is 0.0992 e. The van der Waals surface area contributed by atoms with Crippen molar-refractivity contribution in [2.75, 3.05) is 19.8 Å². The van der Waals surface area contributed by atoms with Gasteiger partial charge >= 0.3 is 0 Å². The topological polar surface area (TPSA) is 39.5 Å². The first-order valence-corrected chi connectivity index (χ1v) is 10.1. The maximum atomic E-state index is 6.18. The molecule has 136 valence electrons. The van der Waals surface area contributed by atoms with Crippen molar-refractivity contribution in [1.82, 2.24) is 14.7 Å². The number of morpholine rings is 1. The van der Waals surface area contributed by atoms with Gasteiger partial charge in [0.15, 0.2) is 0 Å². The van der Waals surface area contributed by atoms with Gasteiger partial charge in [0.2, 0.25) is 0 Å². The predicted octanol–water partition coefficient (Wildman–Crippen LogP) is 3.09. The lowest BCUT2D eigenvalue weighted by molar-refractivity contribution is -0.115. The first-order chi connectivity index (χ1) is 12.3. The fourth-order valence-electron chi connectivity index (χ4n) is 4.03. The second-order valence-corrected chi connectivity index (χ2v) is 8.37. The minimum absolute atomic E-state index is 0.236. The second kappa shape index (κ2) is 7.99. The molecule has 2 fully saturated rings. The average Bonchev–Trinajstić information content (AvgIpc) is 3.34. The molecule has 6 heteroatoms. The summed E-state index contributed by atoms with van der Waals surface area (Å²) in [6.45, 7) is 6.77. The number of thiophene rings is 1. The number of hydrogen-bond acceptors (Lipinski definition) is 5. The van der Waals surface area contributed by atoms with Crippen LogP contribution in [0.5, 0.6) is 0 Å². The molecule has 1 saturated carbocycles. The molecule has 0 aromatic carbocycles. The van der Waals surface area contributed by atoms with Crippen LogP contribution in [0, 0.1) is 6.92 Å². The van der Waals surface area contributed by atoms with Crippen LogP contribution < -0.4 is 0 Å². The summed E-state index contributed by atoms with van der Waals surface area (Å²) >= 11 is 1.91. The van der Waals surface area contributed by atoms with Crippen molar-refractivity contribution in [1.29, 1.82) is 0 Å². The van der Waals surface area contributed by atoms with Crippen LogP contribution in [0.3, 0.4) is 0 Å². The molecule has 2 aromatic heterocycles. The highest BCUT2D eigenvalue weighted by Crippen LogP contribution is 2.33. The molecule has 3 heterocycles. The Morgan fingerprint density at radius 3 is 3.12 bits per heavy atom. The van der Waals surface area contributed by atoms with Crippen molar-refractivity contribution in [3.05, 3.63) is 40.3 Å².